The lowest BCUT2D eigenvalue weighted by molar-refractivity contribution is -0.121. The van der Waals surface area contributed by atoms with Crippen LogP contribution >= 0.6 is 24.0 Å². The standard InChI is InChI=1S/C12H10FNO4S3/c13-9-3-1-2-8(6-9)7-10-11(15)14(12(19)20-10)4-5-21(16,17)18/h1-3,6-7H,4-5H2,(H,16,17,18). The van der Waals surface area contributed by atoms with Crippen LogP contribution in [0.1, 0.15) is 5.56 Å². The molecule has 0 radical (unpaired) electrons. The van der Waals surface area contributed by atoms with E-state index in [0.717, 1.165) is 16.7 Å². The first-order valence-electron chi connectivity index (χ1n) is 5.72. The monoisotopic (exact) mass is 347 g/mol. The lowest BCUT2D eigenvalue weighted by Gasteiger charge is -2.12. The fourth-order valence-electron chi connectivity index (χ4n) is 1.65. The van der Waals surface area contributed by atoms with Crippen molar-refractivity contribution in [1.29, 1.82) is 0 Å². The Kier molecular flexibility index (Phi) is 4.77. The van der Waals surface area contributed by atoms with Gasteiger partial charge in [0.2, 0.25) is 0 Å². The Morgan fingerprint density at radius 1 is 1.43 bits per heavy atom. The molecule has 0 aliphatic carbocycles. The molecule has 2 rings (SSSR count). The molecule has 1 amide bonds. The molecule has 1 N–H and O–H groups in total. The number of carbonyl (C=O) groups is 1. The summed E-state index contributed by atoms with van der Waals surface area (Å²) in [6.45, 7) is -0.218. The van der Waals surface area contributed by atoms with E-state index in [1.807, 2.05) is 0 Å². The maximum absolute atomic E-state index is 13.1. The average molecular weight is 347 g/mol. The second kappa shape index (κ2) is 6.22. The van der Waals surface area contributed by atoms with Gasteiger partial charge in [0.15, 0.2) is 0 Å². The van der Waals surface area contributed by atoms with E-state index in [4.69, 9.17) is 16.8 Å². The summed E-state index contributed by atoms with van der Waals surface area (Å²) in [5.41, 5.74) is 0.505. The SMILES string of the molecule is O=C1C(=Cc2cccc(F)c2)SC(=S)N1CCS(=O)(=O)O. The van der Waals surface area contributed by atoms with E-state index in [0.29, 0.717) is 5.56 Å². The molecule has 1 aliphatic rings. The summed E-state index contributed by atoms with van der Waals surface area (Å²) in [6.07, 6.45) is 1.48. The summed E-state index contributed by atoms with van der Waals surface area (Å²) in [7, 11) is -4.17. The van der Waals surface area contributed by atoms with Crippen molar-refractivity contribution in [2.75, 3.05) is 12.3 Å². The number of benzene rings is 1. The Bertz CT molecular complexity index is 730. The largest absolute Gasteiger partial charge is 0.292 e. The van der Waals surface area contributed by atoms with E-state index in [1.54, 1.807) is 6.07 Å². The van der Waals surface area contributed by atoms with Gasteiger partial charge in [0.05, 0.1) is 10.7 Å². The summed E-state index contributed by atoms with van der Waals surface area (Å²) in [5, 5.41) is 0. The number of thioether (sulfide) groups is 1. The Morgan fingerprint density at radius 3 is 2.76 bits per heavy atom. The smallest absolute Gasteiger partial charge is 0.266 e. The fourth-order valence-corrected chi connectivity index (χ4v) is 3.37. The molecule has 0 unspecified atom stereocenters. The molecule has 1 aliphatic heterocycles. The van der Waals surface area contributed by atoms with E-state index >= 15 is 0 Å². The highest BCUT2D eigenvalue weighted by atomic mass is 32.2. The molecular formula is C12H10FNO4S3. The van der Waals surface area contributed by atoms with Crippen LogP contribution in [0.5, 0.6) is 0 Å². The number of rotatable bonds is 4. The van der Waals surface area contributed by atoms with E-state index in [1.165, 1.54) is 24.3 Å². The molecule has 0 spiro atoms. The Labute approximate surface area is 130 Å². The van der Waals surface area contributed by atoms with Gasteiger partial charge in [-0.2, -0.15) is 8.42 Å². The molecule has 0 aromatic heterocycles. The van der Waals surface area contributed by atoms with Crippen molar-refractivity contribution in [1.82, 2.24) is 4.90 Å². The zero-order valence-electron chi connectivity index (χ0n) is 10.5. The van der Waals surface area contributed by atoms with Gasteiger partial charge in [0.25, 0.3) is 16.0 Å². The summed E-state index contributed by atoms with van der Waals surface area (Å²) >= 11 is 6.00. The fraction of sp³-hybridized carbons (Fsp3) is 0.167. The molecule has 1 aromatic rings. The van der Waals surface area contributed by atoms with Crippen molar-refractivity contribution >= 4 is 50.4 Å². The van der Waals surface area contributed by atoms with Crippen LogP contribution in [0.25, 0.3) is 6.08 Å². The van der Waals surface area contributed by atoms with Crippen LogP contribution in [0.2, 0.25) is 0 Å². The molecule has 0 saturated carbocycles. The molecule has 0 bridgehead atoms. The number of carbonyl (C=O) groups excluding carboxylic acids is 1. The van der Waals surface area contributed by atoms with Crippen molar-refractivity contribution < 1.29 is 22.2 Å². The zero-order valence-corrected chi connectivity index (χ0v) is 13.0. The zero-order chi connectivity index (χ0) is 15.6. The van der Waals surface area contributed by atoms with Gasteiger partial charge in [-0.05, 0) is 23.8 Å². The molecule has 112 valence electrons. The van der Waals surface area contributed by atoms with E-state index in [2.05, 4.69) is 0 Å². The lowest BCUT2D eigenvalue weighted by Crippen LogP contribution is -2.32. The number of amides is 1. The highest BCUT2D eigenvalue weighted by molar-refractivity contribution is 8.26. The van der Waals surface area contributed by atoms with E-state index < -0.39 is 27.6 Å². The molecular weight excluding hydrogens is 337 g/mol. The van der Waals surface area contributed by atoms with Gasteiger partial charge in [0.1, 0.15) is 10.1 Å². The van der Waals surface area contributed by atoms with Gasteiger partial charge >= 0.3 is 0 Å². The minimum absolute atomic E-state index is 0.200. The van der Waals surface area contributed by atoms with Crippen molar-refractivity contribution in [3.05, 3.63) is 40.6 Å². The quantitative estimate of drug-likeness (QED) is 0.509. The molecule has 1 heterocycles. The van der Waals surface area contributed by atoms with Crippen LogP contribution in [0.3, 0.4) is 0 Å². The van der Waals surface area contributed by atoms with Gasteiger partial charge in [-0.15, -0.1) is 0 Å². The average Bonchev–Trinajstić information content (AvgIpc) is 2.61. The van der Waals surface area contributed by atoms with Crippen molar-refractivity contribution in [2.24, 2.45) is 0 Å². The van der Waals surface area contributed by atoms with E-state index in [-0.39, 0.29) is 15.8 Å². The highest BCUT2D eigenvalue weighted by Gasteiger charge is 2.32. The molecule has 21 heavy (non-hydrogen) atoms. The summed E-state index contributed by atoms with van der Waals surface area (Å²) in [6, 6.07) is 5.70. The lowest BCUT2D eigenvalue weighted by atomic mass is 10.2. The molecule has 1 aromatic carbocycles. The topological polar surface area (TPSA) is 74.7 Å². The molecule has 1 fully saturated rings. The molecule has 0 atom stereocenters. The van der Waals surface area contributed by atoms with Crippen LogP contribution in [0.4, 0.5) is 4.39 Å². The third-order valence-electron chi connectivity index (χ3n) is 2.59. The van der Waals surface area contributed by atoms with Gasteiger partial charge in [-0.1, -0.05) is 36.1 Å². The Balaban J connectivity index is 2.18. The third kappa shape index (κ3) is 4.34. The third-order valence-corrected chi connectivity index (χ3v) is 4.67. The van der Waals surface area contributed by atoms with Crippen LogP contribution in [0.15, 0.2) is 29.2 Å². The number of halogens is 1. The van der Waals surface area contributed by atoms with Crippen LogP contribution in [0, 0.1) is 5.82 Å². The van der Waals surface area contributed by atoms with Crippen molar-refractivity contribution in [3.8, 4) is 0 Å². The second-order valence-corrected chi connectivity index (χ2v) is 7.42. The minimum atomic E-state index is -4.17. The number of hydrogen-bond donors (Lipinski definition) is 1. The highest BCUT2D eigenvalue weighted by Crippen LogP contribution is 2.32. The normalized spacial score (nSPS) is 17.8. The first kappa shape index (κ1) is 16.1. The second-order valence-electron chi connectivity index (χ2n) is 4.17. The predicted octanol–water partition coefficient (Wildman–Crippen LogP) is 1.91. The predicted molar refractivity (Wildman–Crippen MR) is 82.7 cm³/mol. The van der Waals surface area contributed by atoms with Crippen LogP contribution < -0.4 is 0 Å². The number of nitrogens with zero attached hydrogens (tertiary/aromatic N) is 1. The number of hydrogen-bond acceptors (Lipinski definition) is 5. The summed E-state index contributed by atoms with van der Waals surface area (Å²) in [5.74, 6) is -1.48. The number of thiocarbonyl (C=S) groups is 1. The first-order valence-corrected chi connectivity index (χ1v) is 8.56. The molecule has 9 heteroatoms. The molecule has 5 nitrogen and oxygen atoms in total. The summed E-state index contributed by atoms with van der Waals surface area (Å²) in [4.78, 5) is 13.5. The first-order chi connectivity index (χ1) is 9.76. The Hall–Kier alpha value is -1.29. The van der Waals surface area contributed by atoms with Gasteiger partial charge in [-0.25, -0.2) is 4.39 Å². The van der Waals surface area contributed by atoms with Crippen molar-refractivity contribution in [3.63, 3.8) is 0 Å². The van der Waals surface area contributed by atoms with E-state index in [9.17, 15) is 17.6 Å². The Morgan fingerprint density at radius 2 is 2.14 bits per heavy atom. The summed E-state index contributed by atoms with van der Waals surface area (Å²) < 4.78 is 43.4. The maximum Gasteiger partial charge on any atom is 0.266 e. The van der Waals surface area contributed by atoms with Crippen molar-refractivity contribution in [2.45, 2.75) is 0 Å². The molecule has 1 saturated heterocycles. The van der Waals surface area contributed by atoms with Gasteiger partial charge in [0, 0.05) is 6.54 Å². The van der Waals surface area contributed by atoms with Crippen LogP contribution in [-0.2, 0) is 14.9 Å². The minimum Gasteiger partial charge on any atom is -0.292 e. The van der Waals surface area contributed by atoms with Gasteiger partial charge < -0.3 is 0 Å². The maximum atomic E-state index is 13.1. The van der Waals surface area contributed by atoms with Crippen LogP contribution in [-0.4, -0.2) is 40.4 Å². The van der Waals surface area contributed by atoms with Gasteiger partial charge in [-0.3, -0.25) is 14.2 Å².